The van der Waals surface area contributed by atoms with E-state index in [4.69, 9.17) is 0 Å². The Labute approximate surface area is 210 Å². The lowest BCUT2D eigenvalue weighted by molar-refractivity contribution is -0.138. The monoisotopic (exact) mass is 557 g/mol. The minimum atomic E-state index is -0.312. The Hall–Kier alpha value is -1.39. The second kappa shape index (κ2) is 12.7. The highest BCUT2D eigenvalue weighted by molar-refractivity contribution is 14.0. The molecule has 0 bridgehead atoms. The lowest BCUT2D eigenvalue weighted by atomic mass is 9.84. The molecule has 0 spiro atoms. The van der Waals surface area contributed by atoms with Crippen molar-refractivity contribution < 1.29 is 9.90 Å². The zero-order valence-corrected chi connectivity index (χ0v) is 22.1. The number of hydrogen-bond donors (Lipinski definition) is 3. The maximum Gasteiger partial charge on any atom is 0.230 e. The van der Waals surface area contributed by atoms with E-state index >= 15 is 0 Å². The van der Waals surface area contributed by atoms with E-state index in [1.165, 1.54) is 11.1 Å². The molecule has 1 aromatic rings. The van der Waals surface area contributed by atoms with Crippen molar-refractivity contribution in [1.29, 1.82) is 0 Å². The van der Waals surface area contributed by atoms with Gasteiger partial charge in [0, 0.05) is 53.9 Å². The highest BCUT2D eigenvalue weighted by atomic mass is 127. The van der Waals surface area contributed by atoms with Crippen LogP contribution in [0.15, 0.2) is 29.3 Å². The molecule has 2 fully saturated rings. The van der Waals surface area contributed by atoms with E-state index in [0.717, 1.165) is 64.1 Å². The van der Waals surface area contributed by atoms with Gasteiger partial charge in [-0.15, -0.1) is 24.0 Å². The Balaban J connectivity index is 0.00000363. The molecule has 32 heavy (non-hydrogen) atoms. The Kier molecular flexibility index (Phi) is 10.7. The van der Waals surface area contributed by atoms with Gasteiger partial charge in [-0.2, -0.15) is 0 Å². The first-order chi connectivity index (χ1) is 14.9. The molecule has 3 N–H and O–H groups in total. The molecule has 3 rings (SSSR count). The van der Waals surface area contributed by atoms with Crippen LogP contribution in [0.2, 0.25) is 0 Å². The third kappa shape index (κ3) is 7.31. The fraction of sp³-hybridized carbons (Fsp3) is 0.667. The van der Waals surface area contributed by atoms with Crippen LogP contribution in [0.4, 0.5) is 0 Å². The van der Waals surface area contributed by atoms with Crippen LogP contribution in [0.5, 0.6) is 0 Å². The molecule has 1 saturated heterocycles. The fourth-order valence-corrected chi connectivity index (χ4v) is 4.75. The van der Waals surface area contributed by atoms with E-state index in [2.05, 4.69) is 44.8 Å². The average molecular weight is 558 g/mol. The van der Waals surface area contributed by atoms with Crippen LogP contribution >= 0.6 is 24.0 Å². The summed E-state index contributed by atoms with van der Waals surface area (Å²) < 4.78 is 0. The minimum absolute atomic E-state index is 0. The van der Waals surface area contributed by atoms with Crippen molar-refractivity contribution in [3.05, 3.63) is 35.4 Å². The number of nitrogens with zero attached hydrogens (tertiary/aromatic N) is 3. The van der Waals surface area contributed by atoms with E-state index < -0.39 is 0 Å². The van der Waals surface area contributed by atoms with Crippen LogP contribution in [0.25, 0.3) is 0 Å². The van der Waals surface area contributed by atoms with E-state index in [0.29, 0.717) is 13.1 Å². The molecule has 180 valence electrons. The van der Waals surface area contributed by atoms with Crippen molar-refractivity contribution in [3.8, 4) is 0 Å². The zero-order chi connectivity index (χ0) is 22.3. The fourth-order valence-electron chi connectivity index (χ4n) is 4.75. The van der Waals surface area contributed by atoms with Crippen molar-refractivity contribution >= 4 is 35.8 Å². The van der Waals surface area contributed by atoms with Gasteiger partial charge in [0.05, 0.1) is 11.5 Å². The highest BCUT2D eigenvalue weighted by Crippen LogP contribution is 2.38. The molecule has 0 radical (unpaired) electrons. The minimum Gasteiger partial charge on any atom is -0.393 e. The summed E-state index contributed by atoms with van der Waals surface area (Å²) in [5.74, 6) is 0.945. The molecular weight excluding hydrogens is 517 g/mol. The maximum absolute atomic E-state index is 12.7. The number of hydrogen-bond acceptors (Lipinski definition) is 4. The van der Waals surface area contributed by atoms with Crippen molar-refractivity contribution in [3.63, 3.8) is 0 Å². The van der Waals surface area contributed by atoms with Gasteiger partial charge in [-0.25, -0.2) is 0 Å². The number of aliphatic hydroxyl groups is 1. The number of carbonyl (C=O) groups is 1. The first-order valence-electron chi connectivity index (χ1n) is 11.6. The number of guanidine groups is 1. The van der Waals surface area contributed by atoms with Gasteiger partial charge < -0.3 is 20.6 Å². The predicted molar refractivity (Wildman–Crippen MR) is 140 cm³/mol. The summed E-state index contributed by atoms with van der Waals surface area (Å²) in [7, 11) is 5.45. The number of likely N-dealkylation sites (tertiary alicyclic amines) is 1. The van der Waals surface area contributed by atoms with Crippen molar-refractivity contribution in [1.82, 2.24) is 20.4 Å². The van der Waals surface area contributed by atoms with Crippen LogP contribution in [-0.2, 0) is 17.9 Å². The van der Waals surface area contributed by atoms with Crippen LogP contribution in [0.1, 0.15) is 49.7 Å². The molecule has 0 unspecified atom stereocenters. The number of halogens is 1. The summed E-state index contributed by atoms with van der Waals surface area (Å²) in [4.78, 5) is 21.2. The van der Waals surface area contributed by atoms with Gasteiger partial charge in [0.25, 0.3) is 0 Å². The normalized spacial score (nSPS) is 19.3. The smallest absolute Gasteiger partial charge is 0.230 e. The first kappa shape index (κ1) is 26.9. The molecule has 1 saturated carbocycles. The molecule has 8 heteroatoms. The molecule has 1 amide bonds. The van der Waals surface area contributed by atoms with Gasteiger partial charge >= 0.3 is 0 Å². The largest absolute Gasteiger partial charge is 0.393 e. The number of piperidine rings is 1. The van der Waals surface area contributed by atoms with E-state index in [9.17, 15) is 9.90 Å². The van der Waals surface area contributed by atoms with Crippen molar-refractivity contribution in [2.75, 3.05) is 40.8 Å². The van der Waals surface area contributed by atoms with Gasteiger partial charge in [0.15, 0.2) is 5.96 Å². The molecule has 7 nitrogen and oxygen atoms in total. The van der Waals surface area contributed by atoms with Gasteiger partial charge in [0.2, 0.25) is 5.91 Å². The Bertz CT molecular complexity index is 739. The topological polar surface area (TPSA) is 80.2 Å². The zero-order valence-electron chi connectivity index (χ0n) is 19.8. The van der Waals surface area contributed by atoms with Gasteiger partial charge in [0.1, 0.15) is 0 Å². The lowest BCUT2D eigenvalue weighted by Crippen LogP contribution is -2.49. The summed E-state index contributed by atoms with van der Waals surface area (Å²) in [6, 6.07) is 8.67. The van der Waals surface area contributed by atoms with Gasteiger partial charge in [-0.3, -0.25) is 14.7 Å². The second-order valence-corrected chi connectivity index (χ2v) is 9.29. The highest BCUT2D eigenvalue weighted by Gasteiger charge is 2.42. The predicted octanol–water partition coefficient (Wildman–Crippen LogP) is 2.57. The molecule has 0 atom stereocenters. The van der Waals surface area contributed by atoms with E-state index in [1.54, 1.807) is 11.9 Å². The molecule has 1 aliphatic carbocycles. The molecule has 2 aliphatic rings. The van der Waals surface area contributed by atoms with Crippen LogP contribution in [0, 0.1) is 5.41 Å². The summed E-state index contributed by atoms with van der Waals surface area (Å²) in [6.45, 7) is 4.16. The third-order valence-corrected chi connectivity index (χ3v) is 6.68. The lowest BCUT2D eigenvalue weighted by Gasteiger charge is -2.31. The summed E-state index contributed by atoms with van der Waals surface area (Å²) in [5, 5.41) is 16.4. The maximum atomic E-state index is 12.7. The van der Waals surface area contributed by atoms with Crippen LogP contribution in [-0.4, -0.2) is 73.7 Å². The number of rotatable bonds is 7. The number of aliphatic imine (C=N–C) groups is 1. The van der Waals surface area contributed by atoms with Gasteiger partial charge in [-0.05, 0) is 36.8 Å². The summed E-state index contributed by atoms with van der Waals surface area (Å²) >= 11 is 0. The standard InChI is InChI=1S/C24H39N5O2.HI/c1-25-23(27-18-24(12-4-5-13-24)22(31)28(2)3)26-16-19-6-8-20(9-7-19)17-29-14-10-21(30)11-15-29;/h6-9,21,30H,4-5,10-18H2,1-3H3,(H2,25,26,27);1H. The molecular formula is C24H40IN5O2. The van der Waals surface area contributed by atoms with Crippen LogP contribution in [0.3, 0.4) is 0 Å². The Morgan fingerprint density at radius 3 is 2.28 bits per heavy atom. The first-order valence-corrected chi connectivity index (χ1v) is 11.6. The Morgan fingerprint density at radius 2 is 1.72 bits per heavy atom. The Morgan fingerprint density at radius 1 is 1.12 bits per heavy atom. The number of aliphatic hydroxyl groups excluding tert-OH is 1. The van der Waals surface area contributed by atoms with E-state index in [1.807, 2.05) is 14.1 Å². The van der Waals surface area contributed by atoms with Crippen molar-refractivity contribution in [2.45, 2.75) is 57.7 Å². The average Bonchev–Trinajstić information content (AvgIpc) is 3.26. The number of carbonyl (C=O) groups excluding carboxylic acids is 1. The van der Waals surface area contributed by atoms with E-state index in [-0.39, 0.29) is 41.4 Å². The summed E-state index contributed by atoms with van der Waals surface area (Å²) in [5.41, 5.74) is 2.18. The SMILES string of the molecule is CN=C(NCc1ccc(CN2CCC(O)CC2)cc1)NCC1(C(=O)N(C)C)CCCC1.I. The van der Waals surface area contributed by atoms with Crippen LogP contribution < -0.4 is 10.6 Å². The molecule has 1 aliphatic heterocycles. The number of amides is 1. The molecule has 1 aromatic carbocycles. The molecule has 0 aromatic heterocycles. The summed E-state index contributed by atoms with van der Waals surface area (Å²) in [6.07, 6.45) is 5.70. The third-order valence-electron chi connectivity index (χ3n) is 6.68. The van der Waals surface area contributed by atoms with Gasteiger partial charge in [-0.1, -0.05) is 37.1 Å². The van der Waals surface area contributed by atoms with Crippen molar-refractivity contribution in [2.24, 2.45) is 10.4 Å². The quantitative estimate of drug-likeness (QED) is 0.273. The molecule has 1 heterocycles. The second-order valence-electron chi connectivity index (χ2n) is 9.29. The number of nitrogens with one attached hydrogen (secondary N) is 2. The number of benzene rings is 1.